The Kier molecular flexibility index (Phi) is 4.80. The second-order valence-corrected chi connectivity index (χ2v) is 6.16. The van der Waals surface area contributed by atoms with E-state index in [2.05, 4.69) is 43.8 Å². The average molecular weight is 440 g/mol. The third-order valence-electron chi connectivity index (χ3n) is 2.77. The quantitative estimate of drug-likeness (QED) is 0.710. The van der Waals surface area contributed by atoms with Crippen LogP contribution in [0.5, 0.6) is 0 Å². The number of carbonyl (C=O) groups excluding carboxylic acids is 1. The van der Waals surface area contributed by atoms with Crippen LogP contribution in [0.25, 0.3) is 0 Å². The molecule has 102 valence electrons. The summed E-state index contributed by atoms with van der Waals surface area (Å²) in [6, 6.07) is 5.44. The molecule has 1 heterocycles. The van der Waals surface area contributed by atoms with Gasteiger partial charge in [0, 0.05) is 13.7 Å². The summed E-state index contributed by atoms with van der Waals surface area (Å²) in [5.74, 6) is -1.32. The molecule has 0 aromatic heterocycles. The molecule has 1 amide bonds. The van der Waals surface area contributed by atoms with E-state index in [1.165, 1.54) is 0 Å². The first-order valence-electron chi connectivity index (χ1n) is 5.61. The molecule has 1 saturated heterocycles. The van der Waals surface area contributed by atoms with Gasteiger partial charge in [-0.1, -0.05) is 0 Å². The summed E-state index contributed by atoms with van der Waals surface area (Å²) in [5, 5.41) is 11.5. The lowest BCUT2D eigenvalue weighted by Gasteiger charge is -2.12. The lowest BCUT2D eigenvalue weighted by Crippen LogP contribution is -2.29. The molecule has 5 nitrogen and oxygen atoms in total. The van der Waals surface area contributed by atoms with E-state index in [4.69, 9.17) is 9.84 Å². The summed E-state index contributed by atoms with van der Waals surface area (Å²) >= 11 is 5.53. The fourth-order valence-electron chi connectivity index (χ4n) is 1.81. The van der Waals surface area contributed by atoms with Crippen LogP contribution < -0.4 is 5.32 Å². The summed E-state index contributed by atoms with van der Waals surface area (Å²) in [4.78, 5) is 22.7. The van der Waals surface area contributed by atoms with E-state index < -0.39 is 18.2 Å². The third-order valence-corrected chi connectivity index (χ3v) is 5.10. The van der Waals surface area contributed by atoms with E-state index in [0.717, 1.165) is 8.04 Å². The van der Waals surface area contributed by atoms with Gasteiger partial charge in [0.2, 0.25) is 0 Å². The molecule has 2 N–H and O–H groups in total. The van der Waals surface area contributed by atoms with Gasteiger partial charge in [-0.25, -0.2) is 4.79 Å². The Bertz CT molecular complexity index is 522. The number of hydrogen-bond acceptors (Lipinski definition) is 3. The number of ether oxygens (including phenoxy) is 1. The van der Waals surface area contributed by atoms with Gasteiger partial charge in [0.1, 0.15) is 6.10 Å². The maximum atomic E-state index is 11.9. The van der Waals surface area contributed by atoms with Gasteiger partial charge in [-0.3, -0.25) is 4.79 Å². The second kappa shape index (κ2) is 6.19. The van der Waals surface area contributed by atoms with Crippen LogP contribution in [0.15, 0.2) is 22.7 Å². The van der Waals surface area contributed by atoms with Crippen molar-refractivity contribution in [3.05, 3.63) is 26.2 Å². The van der Waals surface area contributed by atoms with Crippen molar-refractivity contribution < 1.29 is 19.4 Å². The highest BCUT2D eigenvalue weighted by Crippen LogP contribution is 2.24. The van der Waals surface area contributed by atoms with E-state index in [0.29, 0.717) is 18.5 Å². The number of aliphatic carboxylic acids is 1. The predicted octanol–water partition coefficient (Wildman–Crippen LogP) is 2.62. The topological polar surface area (TPSA) is 75.6 Å². The van der Waals surface area contributed by atoms with Gasteiger partial charge in [-0.2, -0.15) is 0 Å². The third kappa shape index (κ3) is 3.67. The largest absolute Gasteiger partial charge is 0.479 e. The van der Waals surface area contributed by atoms with Crippen molar-refractivity contribution in [2.75, 3.05) is 5.32 Å². The van der Waals surface area contributed by atoms with Gasteiger partial charge in [-0.15, -0.1) is 0 Å². The van der Waals surface area contributed by atoms with Crippen molar-refractivity contribution in [2.24, 2.45) is 0 Å². The van der Waals surface area contributed by atoms with Crippen LogP contribution in [0, 0.1) is 3.57 Å². The smallest absolute Gasteiger partial charge is 0.332 e. The fraction of sp³-hybridized carbons (Fsp3) is 0.333. The Labute approximate surface area is 132 Å². The molecule has 0 aliphatic carbocycles. The summed E-state index contributed by atoms with van der Waals surface area (Å²) in [6.07, 6.45) is -0.773. The molecule has 0 bridgehead atoms. The number of anilines is 1. The minimum atomic E-state index is -1.02. The zero-order valence-corrected chi connectivity index (χ0v) is 13.5. The zero-order valence-electron chi connectivity index (χ0n) is 9.73. The highest BCUT2D eigenvalue weighted by atomic mass is 127. The number of benzene rings is 1. The Morgan fingerprint density at radius 2 is 2.05 bits per heavy atom. The average Bonchev–Trinajstić information content (AvgIpc) is 2.83. The van der Waals surface area contributed by atoms with Crippen LogP contribution in [0.4, 0.5) is 5.69 Å². The van der Waals surface area contributed by atoms with Gasteiger partial charge < -0.3 is 15.2 Å². The number of halogens is 2. The minimum Gasteiger partial charge on any atom is -0.479 e. The molecule has 1 aliphatic heterocycles. The van der Waals surface area contributed by atoms with Crippen molar-refractivity contribution in [3.63, 3.8) is 0 Å². The van der Waals surface area contributed by atoms with Crippen LogP contribution >= 0.6 is 38.5 Å². The number of rotatable bonds is 3. The molecular weight excluding hydrogens is 429 g/mol. The zero-order chi connectivity index (χ0) is 14.0. The number of carboxylic acids is 1. The molecule has 0 spiro atoms. The van der Waals surface area contributed by atoms with Crippen molar-refractivity contribution in [3.8, 4) is 0 Å². The van der Waals surface area contributed by atoms with E-state index in [-0.39, 0.29) is 5.91 Å². The molecule has 19 heavy (non-hydrogen) atoms. The molecule has 2 atom stereocenters. The Morgan fingerprint density at radius 3 is 2.63 bits per heavy atom. The van der Waals surface area contributed by atoms with Crippen molar-refractivity contribution >= 4 is 56.1 Å². The highest BCUT2D eigenvalue weighted by molar-refractivity contribution is 14.1. The first kappa shape index (κ1) is 14.7. The molecule has 1 aromatic rings. The molecule has 1 aliphatic rings. The van der Waals surface area contributed by atoms with Crippen LogP contribution in [-0.4, -0.2) is 29.2 Å². The number of nitrogens with one attached hydrogen (secondary N) is 1. The summed E-state index contributed by atoms with van der Waals surface area (Å²) < 4.78 is 7.12. The predicted molar refractivity (Wildman–Crippen MR) is 81.0 cm³/mol. The maximum absolute atomic E-state index is 11.9. The monoisotopic (exact) mass is 439 g/mol. The molecule has 2 unspecified atom stereocenters. The van der Waals surface area contributed by atoms with Crippen molar-refractivity contribution in [2.45, 2.75) is 25.0 Å². The van der Waals surface area contributed by atoms with Gasteiger partial charge in [-0.05, 0) is 69.6 Å². The lowest BCUT2D eigenvalue weighted by molar-refractivity contribution is -0.150. The molecule has 1 aromatic carbocycles. The lowest BCUT2D eigenvalue weighted by atomic mass is 10.2. The van der Waals surface area contributed by atoms with Crippen LogP contribution in [-0.2, 0) is 14.3 Å². The molecule has 1 fully saturated rings. The SMILES string of the molecule is O=C(O)C1CCC(C(=O)Nc2ccc(Br)c(I)c2)O1. The Morgan fingerprint density at radius 1 is 1.37 bits per heavy atom. The number of amides is 1. The first-order chi connectivity index (χ1) is 8.97. The van der Waals surface area contributed by atoms with Crippen LogP contribution in [0.2, 0.25) is 0 Å². The highest BCUT2D eigenvalue weighted by Gasteiger charge is 2.34. The summed E-state index contributed by atoms with van der Waals surface area (Å²) in [5.41, 5.74) is 0.667. The fourth-order valence-corrected chi connectivity index (χ4v) is 2.57. The second-order valence-electron chi connectivity index (χ2n) is 4.15. The summed E-state index contributed by atoms with van der Waals surface area (Å²) in [6.45, 7) is 0. The van der Waals surface area contributed by atoms with Gasteiger partial charge in [0.05, 0.1) is 0 Å². The minimum absolute atomic E-state index is 0.304. The molecule has 7 heteroatoms. The standard InChI is InChI=1S/C12H11BrINO4/c13-7-2-1-6(5-8(7)14)15-11(16)9-3-4-10(19-9)12(17)18/h1-2,5,9-10H,3-4H2,(H,15,16)(H,17,18). The molecule has 0 radical (unpaired) electrons. The maximum Gasteiger partial charge on any atom is 0.332 e. The number of carboxylic acid groups (broad SMARTS) is 1. The number of carbonyl (C=O) groups is 2. The van der Waals surface area contributed by atoms with E-state index in [9.17, 15) is 9.59 Å². The molecule has 0 saturated carbocycles. The van der Waals surface area contributed by atoms with Crippen LogP contribution in [0.3, 0.4) is 0 Å². The van der Waals surface area contributed by atoms with Crippen LogP contribution in [0.1, 0.15) is 12.8 Å². The van der Waals surface area contributed by atoms with Gasteiger partial charge in [0.15, 0.2) is 6.10 Å². The van der Waals surface area contributed by atoms with E-state index in [1.807, 2.05) is 12.1 Å². The number of hydrogen-bond donors (Lipinski definition) is 2. The van der Waals surface area contributed by atoms with E-state index >= 15 is 0 Å². The Hall–Kier alpha value is -0.670. The molecule has 2 rings (SSSR count). The van der Waals surface area contributed by atoms with Gasteiger partial charge >= 0.3 is 5.97 Å². The van der Waals surface area contributed by atoms with Gasteiger partial charge in [0.25, 0.3) is 5.91 Å². The molecular formula is C12H11BrINO4. The summed E-state index contributed by atoms with van der Waals surface area (Å²) in [7, 11) is 0. The first-order valence-corrected chi connectivity index (χ1v) is 7.48. The normalized spacial score (nSPS) is 22.2. The van der Waals surface area contributed by atoms with Crippen molar-refractivity contribution in [1.82, 2.24) is 0 Å². The van der Waals surface area contributed by atoms with Crippen molar-refractivity contribution in [1.29, 1.82) is 0 Å². The van der Waals surface area contributed by atoms with E-state index in [1.54, 1.807) is 6.07 Å². The Balaban J connectivity index is 1.98.